The Bertz CT molecular complexity index is 2360. The van der Waals surface area contributed by atoms with E-state index in [0.29, 0.717) is 5.69 Å². The third-order valence-corrected chi connectivity index (χ3v) is 9.34. The summed E-state index contributed by atoms with van der Waals surface area (Å²) >= 11 is 0. The summed E-state index contributed by atoms with van der Waals surface area (Å²) in [6.07, 6.45) is 0. The minimum Gasteiger partial charge on any atom is -0.477 e. The summed E-state index contributed by atoms with van der Waals surface area (Å²) in [4.78, 5) is 26.1. The number of aromatic carboxylic acids is 1. The molecule has 2 N–H and O–H groups in total. The van der Waals surface area contributed by atoms with Crippen molar-refractivity contribution in [2.45, 2.75) is 72.3 Å². The van der Waals surface area contributed by atoms with Crippen molar-refractivity contribution < 1.29 is 9.90 Å². The van der Waals surface area contributed by atoms with Crippen LogP contribution in [-0.2, 0) is 10.8 Å². The molecule has 242 valence electrons. The van der Waals surface area contributed by atoms with Crippen molar-refractivity contribution in [2.24, 2.45) is 0 Å². The largest absolute Gasteiger partial charge is 0.477 e. The lowest BCUT2D eigenvalue weighted by Gasteiger charge is -2.22. The van der Waals surface area contributed by atoms with Gasteiger partial charge in [-0.15, -0.1) is 0 Å². The molecule has 0 unspecified atom stereocenters. The lowest BCUT2D eigenvalue weighted by molar-refractivity contribution is 0.0690. The van der Waals surface area contributed by atoms with E-state index in [2.05, 4.69) is 106 Å². The van der Waals surface area contributed by atoms with Gasteiger partial charge < -0.3 is 14.7 Å². The lowest BCUT2D eigenvalue weighted by atomic mass is 9.84. The van der Waals surface area contributed by atoms with Gasteiger partial charge in [0.2, 0.25) is 0 Å². The third kappa shape index (κ3) is 5.35. The van der Waals surface area contributed by atoms with Crippen molar-refractivity contribution in [2.75, 3.05) is 0 Å². The van der Waals surface area contributed by atoms with Crippen molar-refractivity contribution in [3.05, 3.63) is 108 Å². The molecule has 0 saturated heterocycles. The summed E-state index contributed by atoms with van der Waals surface area (Å²) in [5.74, 6) is -0.201. The maximum absolute atomic E-state index is 12.3. The minimum atomic E-state index is -1.07. The van der Waals surface area contributed by atoms with E-state index in [-0.39, 0.29) is 22.6 Å². The van der Waals surface area contributed by atoms with Crippen molar-refractivity contribution >= 4 is 38.8 Å². The molecule has 6 heteroatoms. The van der Waals surface area contributed by atoms with E-state index >= 15 is 0 Å². The van der Waals surface area contributed by atoms with Crippen LogP contribution in [-0.4, -0.2) is 30.6 Å². The first kappa shape index (κ1) is 31.4. The zero-order chi connectivity index (χ0) is 34.1. The molecule has 0 aliphatic rings. The molecular weight excluding hydrogens is 592 g/mol. The first-order valence-corrected chi connectivity index (χ1v) is 16.6. The van der Waals surface area contributed by atoms with Crippen LogP contribution in [0.4, 0.5) is 0 Å². The van der Waals surface area contributed by atoms with Crippen LogP contribution < -0.4 is 0 Å². The van der Waals surface area contributed by atoms with Crippen LogP contribution in [0.1, 0.15) is 83.0 Å². The van der Waals surface area contributed by atoms with E-state index in [9.17, 15) is 9.90 Å². The van der Waals surface area contributed by atoms with Gasteiger partial charge in [0.05, 0.1) is 22.2 Å². The van der Waals surface area contributed by atoms with Crippen LogP contribution in [0.25, 0.3) is 66.6 Å². The fraction of sp³-hybridized carbons (Fsp3) is 0.262. The van der Waals surface area contributed by atoms with Gasteiger partial charge in [0.1, 0.15) is 11.5 Å². The monoisotopic (exact) mass is 634 g/mol. The number of nitrogens with one attached hydrogen (secondary N) is 1. The fourth-order valence-corrected chi connectivity index (χ4v) is 6.69. The number of hydrogen-bond acceptors (Lipinski definition) is 3. The lowest BCUT2D eigenvalue weighted by Crippen LogP contribution is -2.12. The molecule has 7 rings (SSSR count). The number of carboxylic acids is 1. The molecule has 3 heterocycles. The summed E-state index contributed by atoms with van der Waals surface area (Å²) in [6, 6.07) is 31.0. The second-order valence-electron chi connectivity index (χ2n) is 15.2. The quantitative estimate of drug-likeness (QED) is 0.197. The number of aromatic amines is 1. The molecule has 0 aliphatic carbocycles. The standard InChI is InChI=1S/C42H42N4O2/c1-24(2)46-36-16-12-15-29(34-19-26(20-35(43-34)40(47)48)25-13-10-9-11-14-25)38(36)45-39(46)32-23-28(42(6,7)8)22-31-30-21-27(41(3,4)5)17-18-33(30)44-37(31)32/h9-24,44H,1-8H3,(H,47,48). The summed E-state index contributed by atoms with van der Waals surface area (Å²) in [6.45, 7) is 17.9. The highest BCUT2D eigenvalue weighted by molar-refractivity contribution is 6.12. The van der Waals surface area contributed by atoms with Crippen LogP contribution in [0.15, 0.2) is 91.0 Å². The molecule has 0 saturated carbocycles. The van der Waals surface area contributed by atoms with Crippen molar-refractivity contribution in [1.82, 2.24) is 19.5 Å². The Morgan fingerprint density at radius 3 is 2.10 bits per heavy atom. The number of nitrogens with zero attached hydrogens (tertiary/aromatic N) is 3. The van der Waals surface area contributed by atoms with Crippen LogP contribution in [0, 0.1) is 0 Å². The molecule has 0 amide bonds. The van der Waals surface area contributed by atoms with Gasteiger partial charge in [-0.05, 0) is 89.4 Å². The van der Waals surface area contributed by atoms with Gasteiger partial charge >= 0.3 is 5.97 Å². The van der Waals surface area contributed by atoms with Gasteiger partial charge in [0.25, 0.3) is 0 Å². The number of para-hydroxylation sites is 1. The number of rotatable bonds is 5. The zero-order valence-electron chi connectivity index (χ0n) is 28.9. The topological polar surface area (TPSA) is 83.8 Å². The number of hydrogen-bond donors (Lipinski definition) is 2. The number of benzene rings is 4. The molecule has 3 aromatic heterocycles. The van der Waals surface area contributed by atoms with Crippen LogP contribution >= 0.6 is 0 Å². The Morgan fingerprint density at radius 1 is 0.729 bits per heavy atom. The summed E-state index contributed by atoms with van der Waals surface area (Å²) in [5.41, 5.74) is 10.5. The summed E-state index contributed by atoms with van der Waals surface area (Å²) in [7, 11) is 0. The summed E-state index contributed by atoms with van der Waals surface area (Å²) in [5, 5.41) is 12.4. The molecule has 6 nitrogen and oxygen atoms in total. The molecule has 0 radical (unpaired) electrons. The first-order valence-electron chi connectivity index (χ1n) is 16.6. The van der Waals surface area contributed by atoms with E-state index in [1.54, 1.807) is 6.07 Å². The third-order valence-electron chi connectivity index (χ3n) is 9.34. The number of pyridine rings is 1. The van der Waals surface area contributed by atoms with Gasteiger partial charge in [0, 0.05) is 33.5 Å². The van der Waals surface area contributed by atoms with E-state index in [1.807, 2.05) is 48.5 Å². The Balaban J connectivity index is 1.53. The van der Waals surface area contributed by atoms with Crippen molar-refractivity contribution in [1.29, 1.82) is 0 Å². The van der Waals surface area contributed by atoms with Gasteiger partial charge in [0.15, 0.2) is 0 Å². The molecule has 48 heavy (non-hydrogen) atoms. The van der Waals surface area contributed by atoms with Crippen molar-refractivity contribution in [3.8, 4) is 33.8 Å². The fourth-order valence-electron chi connectivity index (χ4n) is 6.69. The smallest absolute Gasteiger partial charge is 0.354 e. The second-order valence-corrected chi connectivity index (χ2v) is 15.2. The van der Waals surface area contributed by atoms with Gasteiger partial charge in [-0.1, -0.05) is 90.1 Å². The van der Waals surface area contributed by atoms with E-state index in [4.69, 9.17) is 4.98 Å². The van der Waals surface area contributed by atoms with Crippen LogP contribution in [0.2, 0.25) is 0 Å². The molecule has 0 aliphatic heterocycles. The maximum Gasteiger partial charge on any atom is 0.354 e. The van der Waals surface area contributed by atoms with E-state index in [0.717, 1.165) is 50.1 Å². The Morgan fingerprint density at radius 2 is 1.44 bits per heavy atom. The Hall–Kier alpha value is -5.23. The number of carbonyl (C=O) groups is 1. The average molecular weight is 635 g/mol. The second kappa shape index (κ2) is 11.2. The molecule has 7 aromatic rings. The van der Waals surface area contributed by atoms with E-state index in [1.165, 1.54) is 21.9 Å². The molecule has 0 bridgehead atoms. The first-order chi connectivity index (χ1) is 22.7. The SMILES string of the molecule is CC(C)n1c(-c2cc(C(C)(C)C)cc3c2[nH]c2ccc(C(C)(C)C)cc23)nc2c(-c3cc(-c4ccccc4)cc(C(=O)O)n3)cccc21. The molecule has 0 atom stereocenters. The minimum absolute atomic E-state index is 0.000777. The zero-order valence-corrected chi connectivity index (χ0v) is 28.9. The maximum atomic E-state index is 12.3. The van der Waals surface area contributed by atoms with Crippen LogP contribution in [0.5, 0.6) is 0 Å². The van der Waals surface area contributed by atoms with Gasteiger partial charge in [-0.2, -0.15) is 0 Å². The number of aromatic nitrogens is 4. The number of fused-ring (bicyclic) bond motifs is 4. The molecular formula is C42H42N4O2. The van der Waals surface area contributed by atoms with Gasteiger partial charge in [-0.25, -0.2) is 14.8 Å². The van der Waals surface area contributed by atoms with E-state index < -0.39 is 5.97 Å². The highest BCUT2D eigenvalue weighted by atomic mass is 16.4. The predicted molar refractivity (Wildman–Crippen MR) is 198 cm³/mol. The van der Waals surface area contributed by atoms with Gasteiger partial charge in [-0.3, -0.25) is 0 Å². The molecule has 4 aromatic carbocycles. The Labute approximate surface area is 281 Å². The average Bonchev–Trinajstić information content (AvgIpc) is 3.62. The molecule has 0 fully saturated rings. The normalized spacial score (nSPS) is 12.5. The number of carboxylic acid groups (broad SMARTS) is 1. The molecule has 0 spiro atoms. The van der Waals surface area contributed by atoms with Crippen molar-refractivity contribution in [3.63, 3.8) is 0 Å². The Kier molecular flexibility index (Phi) is 7.31. The summed E-state index contributed by atoms with van der Waals surface area (Å²) < 4.78 is 2.30. The van der Waals surface area contributed by atoms with Crippen LogP contribution in [0.3, 0.4) is 0 Å². The highest BCUT2D eigenvalue weighted by Gasteiger charge is 2.25. The predicted octanol–water partition coefficient (Wildman–Crippen LogP) is 10.9. The highest BCUT2D eigenvalue weighted by Crippen LogP contribution is 2.42. The number of imidazole rings is 1. The number of H-pyrrole nitrogens is 1.